The molecule has 0 bridgehead atoms. The second kappa shape index (κ2) is 11.2. The average Bonchev–Trinajstić information content (AvgIpc) is 3.06. The van der Waals surface area contributed by atoms with Gasteiger partial charge in [-0.25, -0.2) is 0 Å². The van der Waals surface area contributed by atoms with E-state index in [0.29, 0.717) is 18.1 Å². The van der Waals surface area contributed by atoms with Gasteiger partial charge >= 0.3 is 0 Å². The monoisotopic (exact) mass is 412 g/mol. The van der Waals surface area contributed by atoms with Gasteiger partial charge in [0.2, 0.25) is 0 Å². The topological polar surface area (TPSA) is 59.6 Å². The molecule has 0 aliphatic heterocycles. The zero-order valence-corrected chi connectivity index (χ0v) is 18.0. The van der Waals surface area contributed by atoms with E-state index in [-0.39, 0.29) is 30.5 Å². The molecule has 0 spiro atoms. The fourth-order valence-electron chi connectivity index (χ4n) is 2.39. The Morgan fingerprint density at radius 2 is 1.89 bits per heavy atom. The lowest BCUT2D eigenvalue weighted by Crippen LogP contribution is -2.43. The van der Waals surface area contributed by atoms with Crippen molar-refractivity contribution >= 4 is 29.7 Å². The van der Waals surface area contributed by atoms with Gasteiger partial charge in [-0.1, -0.05) is 12.1 Å². The van der Waals surface area contributed by atoms with Gasteiger partial charge in [-0.2, -0.15) is 0 Å². The average molecular weight is 413 g/mol. The number of rotatable bonds is 9. The summed E-state index contributed by atoms with van der Waals surface area (Å²) in [5, 5.41) is 8.37. The lowest BCUT2D eigenvalue weighted by molar-refractivity contribution is -0.124. The van der Waals surface area contributed by atoms with Gasteiger partial charge in [-0.3, -0.25) is 4.79 Å². The molecule has 0 radical (unpaired) electrons. The summed E-state index contributed by atoms with van der Waals surface area (Å²) in [5.74, 6) is 1.09. The molecule has 0 fully saturated rings. The van der Waals surface area contributed by atoms with Crippen molar-refractivity contribution in [3.05, 3.63) is 46.2 Å². The third-order valence-corrected chi connectivity index (χ3v) is 4.27. The molecule has 0 saturated carbocycles. The Labute approximate surface area is 171 Å². The highest BCUT2D eigenvalue weighted by Crippen LogP contribution is 2.28. The highest BCUT2D eigenvalue weighted by atomic mass is 35.5. The Hall–Kier alpha value is -1.76. The molecule has 1 aromatic heterocycles. The van der Waals surface area contributed by atoms with Crippen LogP contribution in [0.2, 0.25) is 0 Å². The molecule has 0 aliphatic rings. The first-order valence-electron chi connectivity index (χ1n) is 8.80. The van der Waals surface area contributed by atoms with Crippen LogP contribution >= 0.6 is 23.7 Å². The zero-order valence-electron chi connectivity index (χ0n) is 16.3. The van der Waals surface area contributed by atoms with E-state index in [0.717, 1.165) is 18.7 Å². The van der Waals surface area contributed by atoms with Crippen LogP contribution in [0.15, 0.2) is 35.7 Å². The Morgan fingerprint density at radius 3 is 2.52 bits per heavy atom. The van der Waals surface area contributed by atoms with Crippen molar-refractivity contribution in [3.63, 3.8) is 0 Å². The number of amides is 1. The summed E-state index contributed by atoms with van der Waals surface area (Å²) < 4.78 is 11.3. The van der Waals surface area contributed by atoms with E-state index in [1.165, 1.54) is 4.88 Å². The summed E-state index contributed by atoms with van der Waals surface area (Å²) in [5.41, 5.74) is 0.831. The van der Waals surface area contributed by atoms with Crippen LogP contribution in [0.5, 0.6) is 11.5 Å². The summed E-state index contributed by atoms with van der Waals surface area (Å²) in [6.45, 7) is 9.83. The van der Waals surface area contributed by atoms with Gasteiger partial charge in [-0.15, -0.1) is 23.7 Å². The van der Waals surface area contributed by atoms with Crippen molar-refractivity contribution in [3.8, 4) is 11.5 Å². The van der Waals surface area contributed by atoms with Crippen molar-refractivity contribution < 1.29 is 14.3 Å². The van der Waals surface area contributed by atoms with Crippen LogP contribution in [0.1, 0.15) is 38.1 Å². The minimum absolute atomic E-state index is 0. The van der Waals surface area contributed by atoms with Crippen LogP contribution in [0, 0.1) is 0 Å². The molecule has 7 heteroatoms. The zero-order chi connectivity index (χ0) is 19.0. The van der Waals surface area contributed by atoms with Gasteiger partial charge in [0.05, 0.1) is 6.61 Å². The van der Waals surface area contributed by atoms with Crippen molar-refractivity contribution in [2.24, 2.45) is 0 Å². The first kappa shape index (κ1) is 23.3. The standard InChI is InChI=1S/C20H28N2O3S.ClH/c1-5-24-18-11-15(12-21-13-16-7-6-10-26-16)8-9-17(18)25-14-19(23)22-20(2,3)4;/h6-11,21H,5,12-14H2,1-4H3,(H,22,23);1H. The van der Waals surface area contributed by atoms with Crippen molar-refractivity contribution in [2.75, 3.05) is 13.2 Å². The Morgan fingerprint density at radius 1 is 1.11 bits per heavy atom. The largest absolute Gasteiger partial charge is 0.490 e. The van der Waals surface area contributed by atoms with E-state index in [9.17, 15) is 4.79 Å². The molecule has 27 heavy (non-hydrogen) atoms. The smallest absolute Gasteiger partial charge is 0.258 e. The van der Waals surface area contributed by atoms with E-state index in [1.807, 2.05) is 45.9 Å². The predicted octanol–water partition coefficient (Wildman–Crippen LogP) is 4.15. The maximum absolute atomic E-state index is 11.9. The van der Waals surface area contributed by atoms with Crippen molar-refractivity contribution in [1.29, 1.82) is 0 Å². The molecule has 1 heterocycles. The minimum atomic E-state index is -0.277. The van der Waals surface area contributed by atoms with Gasteiger partial charge in [0, 0.05) is 23.5 Å². The number of hydrogen-bond acceptors (Lipinski definition) is 5. The molecule has 150 valence electrons. The van der Waals surface area contributed by atoms with Crippen LogP contribution in [0.3, 0.4) is 0 Å². The summed E-state index contributed by atoms with van der Waals surface area (Å²) in [6.07, 6.45) is 0. The number of ether oxygens (including phenoxy) is 2. The molecule has 2 aromatic rings. The molecular weight excluding hydrogens is 384 g/mol. The maximum Gasteiger partial charge on any atom is 0.258 e. The molecule has 1 amide bonds. The second-order valence-corrected chi connectivity index (χ2v) is 8.02. The number of nitrogens with one attached hydrogen (secondary N) is 2. The highest BCUT2D eigenvalue weighted by molar-refractivity contribution is 7.09. The molecule has 0 saturated heterocycles. The number of halogens is 1. The lowest BCUT2D eigenvalue weighted by atomic mass is 10.1. The van der Waals surface area contributed by atoms with Crippen LogP contribution in [-0.2, 0) is 17.9 Å². The molecule has 0 aliphatic carbocycles. The van der Waals surface area contributed by atoms with Gasteiger partial charge in [0.15, 0.2) is 18.1 Å². The third-order valence-electron chi connectivity index (χ3n) is 3.39. The molecule has 2 N–H and O–H groups in total. The number of hydrogen-bond donors (Lipinski definition) is 2. The third kappa shape index (κ3) is 8.65. The normalized spacial score (nSPS) is 10.8. The van der Waals surface area contributed by atoms with Crippen LogP contribution in [0.4, 0.5) is 0 Å². The van der Waals surface area contributed by atoms with E-state index in [2.05, 4.69) is 28.1 Å². The van der Waals surface area contributed by atoms with Gasteiger partial charge in [0.25, 0.3) is 5.91 Å². The van der Waals surface area contributed by atoms with Gasteiger partial charge in [0.1, 0.15) is 0 Å². The SMILES string of the molecule is CCOc1cc(CNCc2cccs2)ccc1OCC(=O)NC(C)(C)C.Cl. The molecule has 5 nitrogen and oxygen atoms in total. The maximum atomic E-state index is 11.9. The Balaban J connectivity index is 0.00000364. The number of thiophene rings is 1. The molecule has 0 unspecified atom stereocenters. The summed E-state index contributed by atoms with van der Waals surface area (Å²) >= 11 is 1.74. The minimum Gasteiger partial charge on any atom is -0.490 e. The second-order valence-electron chi connectivity index (χ2n) is 6.98. The number of carbonyl (C=O) groups excluding carboxylic acids is 1. The quantitative estimate of drug-likeness (QED) is 0.649. The van der Waals surface area contributed by atoms with Crippen LogP contribution in [0.25, 0.3) is 0 Å². The summed E-state index contributed by atoms with van der Waals surface area (Å²) in [6, 6.07) is 9.97. The van der Waals surface area contributed by atoms with Crippen LogP contribution < -0.4 is 20.1 Å². The van der Waals surface area contributed by atoms with Gasteiger partial charge in [-0.05, 0) is 56.8 Å². The van der Waals surface area contributed by atoms with Crippen LogP contribution in [-0.4, -0.2) is 24.7 Å². The summed E-state index contributed by atoms with van der Waals surface area (Å²) in [4.78, 5) is 13.2. The molecular formula is C20H29ClN2O3S. The highest BCUT2D eigenvalue weighted by Gasteiger charge is 2.15. The lowest BCUT2D eigenvalue weighted by Gasteiger charge is -2.21. The predicted molar refractivity (Wildman–Crippen MR) is 113 cm³/mol. The Kier molecular flexibility index (Phi) is 9.63. The first-order chi connectivity index (χ1) is 12.4. The molecule has 2 rings (SSSR count). The van der Waals surface area contributed by atoms with Crippen molar-refractivity contribution in [2.45, 2.75) is 46.3 Å². The van der Waals surface area contributed by atoms with E-state index in [1.54, 1.807) is 11.3 Å². The fourth-order valence-corrected chi connectivity index (χ4v) is 3.07. The molecule has 0 atom stereocenters. The Bertz CT molecular complexity index is 700. The van der Waals surface area contributed by atoms with E-state index < -0.39 is 0 Å². The first-order valence-corrected chi connectivity index (χ1v) is 9.68. The number of benzene rings is 1. The van der Waals surface area contributed by atoms with E-state index in [4.69, 9.17) is 9.47 Å². The summed E-state index contributed by atoms with van der Waals surface area (Å²) in [7, 11) is 0. The fraction of sp³-hybridized carbons (Fsp3) is 0.450. The van der Waals surface area contributed by atoms with Crippen molar-refractivity contribution in [1.82, 2.24) is 10.6 Å². The van der Waals surface area contributed by atoms with E-state index >= 15 is 0 Å². The molecule has 1 aromatic carbocycles. The van der Waals surface area contributed by atoms with Gasteiger partial charge < -0.3 is 20.1 Å². The number of carbonyl (C=O) groups is 1.